The second kappa shape index (κ2) is 6.72. The molecule has 4 nitrogen and oxygen atoms in total. The third kappa shape index (κ3) is 3.88. The van der Waals surface area contributed by atoms with E-state index in [4.69, 9.17) is 4.42 Å². The van der Waals surface area contributed by atoms with Crippen molar-refractivity contribution < 1.29 is 12.8 Å². The number of hydrogen-bond acceptors (Lipinski definition) is 4. The summed E-state index contributed by atoms with van der Waals surface area (Å²) >= 11 is 0. The Kier molecular flexibility index (Phi) is 4.76. The molecule has 0 radical (unpaired) electrons. The molecule has 0 aliphatic heterocycles. The van der Waals surface area contributed by atoms with Crippen LogP contribution in [-0.2, 0) is 15.3 Å². The monoisotopic (exact) mass is 369 g/mol. The molecule has 0 saturated heterocycles. The molecule has 0 unspecified atom stereocenters. The van der Waals surface area contributed by atoms with Gasteiger partial charge in [0.25, 0.3) is 0 Å². The Hall–Kier alpha value is -2.40. The lowest BCUT2D eigenvalue weighted by Crippen LogP contribution is -2.10. The van der Waals surface area contributed by atoms with Crippen LogP contribution in [0.1, 0.15) is 44.7 Å². The first-order chi connectivity index (χ1) is 12.2. The van der Waals surface area contributed by atoms with Gasteiger partial charge in [-0.2, -0.15) is 0 Å². The van der Waals surface area contributed by atoms with Gasteiger partial charge in [0, 0.05) is 6.08 Å². The van der Waals surface area contributed by atoms with Gasteiger partial charge in [-0.15, -0.1) is 0 Å². The van der Waals surface area contributed by atoms with Gasteiger partial charge in [0.15, 0.2) is 15.4 Å². The number of fused-ring (bicyclic) bond motifs is 1. The third-order valence-corrected chi connectivity index (χ3v) is 6.04. The number of nitrogens with zero attached hydrogens (tertiary/aromatic N) is 1. The lowest BCUT2D eigenvalue weighted by Gasteiger charge is -2.18. The van der Waals surface area contributed by atoms with Crippen molar-refractivity contribution in [1.29, 1.82) is 0 Å². The zero-order chi connectivity index (χ0) is 18.9. The minimum absolute atomic E-state index is 0.0632. The summed E-state index contributed by atoms with van der Waals surface area (Å²) in [6.07, 6.45) is 3.72. The highest BCUT2D eigenvalue weighted by atomic mass is 32.2. The Balaban J connectivity index is 1.86. The summed E-state index contributed by atoms with van der Waals surface area (Å²) in [5.41, 5.74) is 3.57. The maximum absolute atomic E-state index is 12.0. The summed E-state index contributed by atoms with van der Waals surface area (Å²) in [5.74, 6) is 0.513. The molecular formula is C21H23NO3S. The third-order valence-electron chi connectivity index (χ3n) is 4.31. The van der Waals surface area contributed by atoms with Crippen LogP contribution in [0.25, 0.3) is 23.3 Å². The topological polar surface area (TPSA) is 60.2 Å². The molecule has 3 rings (SSSR count). The van der Waals surface area contributed by atoms with E-state index in [-0.39, 0.29) is 16.1 Å². The Labute approximate surface area is 154 Å². The number of oxazole rings is 1. The maximum Gasteiger partial charge on any atom is 0.220 e. The molecule has 0 amide bonds. The molecule has 3 aromatic rings. The highest BCUT2D eigenvalue weighted by Gasteiger charge is 2.14. The second-order valence-corrected chi connectivity index (χ2v) is 9.57. The molecule has 0 N–H and O–H groups in total. The number of aromatic nitrogens is 1. The van der Waals surface area contributed by atoms with Crippen molar-refractivity contribution >= 4 is 33.1 Å². The van der Waals surface area contributed by atoms with Crippen molar-refractivity contribution in [1.82, 2.24) is 4.98 Å². The average Bonchev–Trinajstić information content (AvgIpc) is 3.01. The number of benzene rings is 2. The summed E-state index contributed by atoms with van der Waals surface area (Å²) < 4.78 is 29.7. The number of rotatable bonds is 4. The maximum atomic E-state index is 12.0. The van der Waals surface area contributed by atoms with E-state index < -0.39 is 9.84 Å². The molecule has 1 heterocycles. The van der Waals surface area contributed by atoms with Gasteiger partial charge in [0.05, 0.1) is 10.6 Å². The van der Waals surface area contributed by atoms with Crippen molar-refractivity contribution in [3.63, 3.8) is 0 Å². The fourth-order valence-corrected chi connectivity index (χ4v) is 3.52. The molecule has 0 aliphatic carbocycles. The molecule has 136 valence electrons. The van der Waals surface area contributed by atoms with Gasteiger partial charge in [-0.05, 0) is 40.8 Å². The van der Waals surface area contributed by atoms with Crippen molar-refractivity contribution in [3.8, 4) is 0 Å². The number of sulfone groups is 1. The molecule has 0 fully saturated rings. The van der Waals surface area contributed by atoms with E-state index in [9.17, 15) is 8.42 Å². The van der Waals surface area contributed by atoms with Crippen molar-refractivity contribution in [2.75, 3.05) is 5.75 Å². The largest absolute Gasteiger partial charge is 0.437 e. The fraction of sp³-hybridized carbons (Fsp3) is 0.286. The van der Waals surface area contributed by atoms with E-state index in [0.29, 0.717) is 17.0 Å². The first-order valence-electron chi connectivity index (χ1n) is 8.61. The van der Waals surface area contributed by atoms with Crippen LogP contribution in [0, 0.1) is 0 Å². The quantitative estimate of drug-likeness (QED) is 0.643. The molecule has 0 saturated carbocycles. The lowest BCUT2D eigenvalue weighted by molar-refractivity contribution is 0.589. The molecule has 5 heteroatoms. The Morgan fingerprint density at radius 3 is 2.35 bits per heavy atom. The van der Waals surface area contributed by atoms with Crippen LogP contribution in [0.15, 0.2) is 51.8 Å². The molecule has 0 atom stereocenters. The van der Waals surface area contributed by atoms with Gasteiger partial charge < -0.3 is 4.42 Å². The first kappa shape index (κ1) is 18.4. The normalized spacial score (nSPS) is 12.9. The van der Waals surface area contributed by atoms with Crippen LogP contribution in [-0.4, -0.2) is 19.2 Å². The molecule has 0 aliphatic rings. The van der Waals surface area contributed by atoms with E-state index in [0.717, 1.165) is 5.56 Å². The van der Waals surface area contributed by atoms with Gasteiger partial charge in [0.2, 0.25) is 5.89 Å². The fourth-order valence-electron chi connectivity index (χ4n) is 2.62. The van der Waals surface area contributed by atoms with Crippen molar-refractivity contribution in [2.45, 2.75) is 38.0 Å². The van der Waals surface area contributed by atoms with Crippen LogP contribution in [0.4, 0.5) is 0 Å². The smallest absolute Gasteiger partial charge is 0.220 e. The van der Waals surface area contributed by atoms with Crippen LogP contribution >= 0.6 is 0 Å². The molecular weight excluding hydrogens is 346 g/mol. The molecule has 0 spiro atoms. The van der Waals surface area contributed by atoms with E-state index in [1.165, 1.54) is 5.56 Å². The van der Waals surface area contributed by atoms with Crippen molar-refractivity contribution in [2.24, 2.45) is 0 Å². The first-order valence-corrected chi connectivity index (χ1v) is 10.3. The molecule has 26 heavy (non-hydrogen) atoms. The predicted octanol–water partition coefficient (Wildman–Crippen LogP) is 5.09. The van der Waals surface area contributed by atoms with Crippen LogP contribution in [0.2, 0.25) is 0 Å². The van der Waals surface area contributed by atoms with Crippen molar-refractivity contribution in [3.05, 3.63) is 59.5 Å². The SMILES string of the molecule is CCS(=O)(=O)c1ccc2oc(/C=C/c3ccc(C(C)(C)C)cc3)nc2c1. The van der Waals surface area contributed by atoms with E-state index in [1.807, 2.05) is 6.08 Å². The minimum Gasteiger partial charge on any atom is -0.437 e. The molecule has 0 bridgehead atoms. The zero-order valence-corrected chi connectivity index (χ0v) is 16.3. The summed E-state index contributed by atoms with van der Waals surface area (Å²) in [7, 11) is -3.25. The van der Waals surface area contributed by atoms with E-state index >= 15 is 0 Å². The van der Waals surface area contributed by atoms with Gasteiger partial charge >= 0.3 is 0 Å². The summed E-state index contributed by atoms with van der Waals surface area (Å²) in [6.45, 7) is 8.18. The summed E-state index contributed by atoms with van der Waals surface area (Å²) in [4.78, 5) is 4.65. The highest BCUT2D eigenvalue weighted by molar-refractivity contribution is 7.91. The Morgan fingerprint density at radius 1 is 1.04 bits per heavy atom. The van der Waals surface area contributed by atoms with Gasteiger partial charge in [-0.3, -0.25) is 0 Å². The van der Waals surface area contributed by atoms with Crippen LogP contribution in [0.3, 0.4) is 0 Å². The van der Waals surface area contributed by atoms with Gasteiger partial charge in [-0.25, -0.2) is 13.4 Å². The lowest BCUT2D eigenvalue weighted by atomic mass is 9.87. The predicted molar refractivity (Wildman–Crippen MR) is 106 cm³/mol. The number of hydrogen-bond donors (Lipinski definition) is 0. The second-order valence-electron chi connectivity index (χ2n) is 7.29. The summed E-state index contributed by atoms with van der Waals surface area (Å²) in [5, 5.41) is 0. The average molecular weight is 369 g/mol. The highest BCUT2D eigenvalue weighted by Crippen LogP contribution is 2.24. The van der Waals surface area contributed by atoms with Gasteiger partial charge in [0.1, 0.15) is 5.52 Å². The van der Waals surface area contributed by atoms with Gasteiger partial charge in [-0.1, -0.05) is 52.0 Å². The van der Waals surface area contributed by atoms with Crippen LogP contribution in [0.5, 0.6) is 0 Å². The summed E-state index contributed by atoms with van der Waals surface area (Å²) in [6, 6.07) is 13.1. The minimum atomic E-state index is -3.25. The Bertz CT molecular complexity index is 1050. The standard InChI is InChI=1S/C21H23NO3S/c1-5-26(23,24)17-11-12-19-18(14-17)22-20(25-19)13-8-15-6-9-16(10-7-15)21(2,3)4/h6-14H,5H2,1-4H3/b13-8+. The van der Waals surface area contributed by atoms with E-state index in [2.05, 4.69) is 50.0 Å². The van der Waals surface area contributed by atoms with E-state index in [1.54, 1.807) is 31.2 Å². The molecule has 1 aromatic heterocycles. The molecule has 2 aromatic carbocycles. The zero-order valence-electron chi connectivity index (χ0n) is 15.5. The van der Waals surface area contributed by atoms with Crippen LogP contribution < -0.4 is 0 Å². The Morgan fingerprint density at radius 2 is 1.73 bits per heavy atom.